The summed E-state index contributed by atoms with van der Waals surface area (Å²) in [5.41, 5.74) is 0.202. The van der Waals surface area contributed by atoms with Crippen molar-refractivity contribution in [1.29, 1.82) is 0 Å². The number of nitrogens with zero attached hydrogens (tertiary/aromatic N) is 1. The topological polar surface area (TPSA) is 69.6 Å². The number of hydrogen-bond donors (Lipinski definition) is 2. The number of nitrogens with one attached hydrogen (secondary N) is 1. The first-order valence-corrected chi connectivity index (χ1v) is 6.59. The second kappa shape index (κ2) is 6.93. The average molecular weight is 278 g/mol. The molecule has 5 heteroatoms. The summed E-state index contributed by atoms with van der Waals surface area (Å²) < 4.78 is 0. The third kappa shape index (κ3) is 4.91. The highest BCUT2D eigenvalue weighted by atomic mass is 16.4. The molecule has 0 spiro atoms. The van der Waals surface area contributed by atoms with E-state index in [-0.39, 0.29) is 12.6 Å². The maximum absolute atomic E-state index is 11.9. The molecule has 20 heavy (non-hydrogen) atoms. The molecule has 1 aromatic rings. The van der Waals surface area contributed by atoms with E-state index in [4.69, 9.17) is 5.11 Å². The molecule has 0 saturated carbocycles. The third-order valence-electron chi connectivity index (χ3n) is 3.19. The first-order chi connectivity index (χ1) is 9.33. The van der Waals surface area contributed by atoms with E-state index in [1.807, 2.05) is 30.3 Å². The van der Waals surface area contributed by atoms with Gasteiger partial charge in [0.15, 0.2) is 0 Å². The Morgan fingerprint density at radius 3 is 2.40 bits per heavy atom. The maximum Gasteiger partial charge on any atom is 0.317 e. The first-order valence-electron chi connectivity index (χ1n) is 6.59. The van der Waals surface area contributed by atoms with Crippen molar-refractivity contribution in [2.45, 2.75) is 20.3 Å². The minimum atomic E-state index is -0.962. The van der Waals surface area contributed by atoms with Crippen molar-refractivity contribution in [1.82, 2.24) is 10.2 Å². The van der Waals surface area contributed by atoms with E-state index in [2.05, 4.69) is 5.32 Å². The van der Waals surface area contributed by atoms with Crippen LogP contribution in [0.15, 0.2) is 30.3 Å². The Morgan fingerprint density at radius 2 is 1.85 bits per heavy atom. The van der Waals surface area contributed by atoms with Crippen LogP contribution in [0.2, 0.25) is 0 Å². The van der Waals surface area contributed by atoms with Crippen LogP contribution in [0.25, 0.3) is 0 Å². The van der Waals surface area contributed by atoms with E-state index in [0.717, 1.165) is 12.0 Å². The number of rotatable bonds is 6. The summed E-state index contributed by atoms with van der Waals surface area (Å²) in [6, 6.07) is 9.65. The van der Waals surface area contributed by atoms with E-state index in [1.54, 1.807) is 25.8 Å². The summed E-state index contributed by atoms with van der Waals surface area (Å²) in [6.45, 7) is 3.86. The van der Waals surface area contributed by atoms with Crippen molar-refractivity contribution in [3.8, 4) is 0 Å². The van der Waals surface area contributed by atoms with Crippen LogP contribution < -0.4 is 5.32 Å². The first kappa shape index (κ1) is 16.0. The Labute approximate surface area is 119 Å². The van der Waals surface area contributed by atoms with Crippen molar-refractivity contribution in [2.24, 2.45) is 5.41 Å². The van der Waals surface area contributed by atoms with Crippen molar-refractivity contribution in [2.75, 3.05) is 20.1 Å². The van der Waals surface area contributed by atoms with Crippen molar-refractivity contribution >= 4 is 12.0 Å². The molecule has 5 nitrogen and oxygen atoms in total. The average Bonchev–Trinajstić information content (AvgIpc) is 2.43. The van der Waals surface area contributed by atoms with Gasteiger partial charge in [0.05, 0.1) is 5.41 Å². The van der Waals surface area contributed by atoms with Gasteiger partial charge in [-0.1, -0.05) is 30.3 Å². The van der Waals surface area contributed by atoms with Gasteiger partial charge in [0.1, 0.15) is 0 Å². The Bertz CT molecular complexity index is 457. The number of carbonyl (C=O) groups is 2. The van der Waals surface area contributed by atoms with Crippen LogP contribution in [0.4, 0.5) is 4.79 Å². The summed E-state index contributed by atoms with van der Waals surface area (Å²) >= 11 is 0. The zero-order valence-corrected chi connectivity index (χ0v) is 12.2. The van der Waals surface area contributed by atoms with E-state index in [9.17, 15) is 9.59 Å². The highest BCUT2D eigenvalue weighted by Gasteiger charge is 2.27. The van der Waals surface area contributed by atoms with E-state index < -0.39 is 11.4 Å². The molecule has 1 rings (SSSR count). The number of likely N-dealkylation sites (N-methyl/N-ethyl adjacent to an activating group) is 1. The number of amides is 2. The Morgan fingerprint density at radius 1 is 1.25 bits per heavy atom. The molecule has 0 aromatic heterocycles. The lowest BCUT2D eigenvalue weighted by atomic mass is 9.94. The Kier molecular flexibility index (Phi) is 5.55. The largest absolute Gasteiger partial charge is 0.481 e. The molecule has 0 bridgehead atoms. The van der Waals surface area contributed by atoms with Gasteiger partial charge < -0.3 is 15.3 Å². The molecule has 0 aliphatic carbocycles. The predicted octanol–water partition coefficient (Wildman–Crippen LogP) is 1.98. The van der Waals surface area contributed by atoms with E-state index >= 15 is 0 Å². The number of urea groups is 1. The van der Waals surface area contributed by atoms with Crippen LogP contribution >= 0.6 is 0 Å². The molecule has 1 aromatic carbocycles. The molecule has 110 valence electrons. The fraction of sp³-hybridized carbons (Fsp3) is 0.467. The minimum absolute atomic E-state index is 0.108. The van der Waals surface area contributed by atoms with Crippen LogP contribution in [-0.2, 0) is 11.2 Å². The van der Waals surface area contributed by atoms with Gasteiger partial charge in [-0.25, -0.2) is 4.79 Å². The van der Waals surface area contributed by atoms with Gasteiger partial charge in [0.25, 0.3) is 0 Å². The Balaban J connectivity index is 2.38. The number of carbonyl (C=O) groups excluding carboxylic acids is 1. The highest BCUT2D eigenvalue weighted by Crippen LogP contribution is 2.13. The van der Waals surface area contributed by atoms with Crippen LogP contribution in [0.5, 0.6) is 0 Å². The van der Waals surface area contributed by atoms with Gasteiger partial charge in [0, 0.05) is 20.1 Å². The number of carboxylic acids is 1. The molecule has 0 saturated heterocycles. The van der Waals surface area contributed by atoms with Crippen LogP contribution in [0.3, 0.4) is 0 Å². The molecule has 0 aliphatic heterocycles. The molecule has 2 amide bonds. The number of benzene rings is 1. The summed E-state index contributed by atoms with van der Waals surface area (Å²) in [5, 5.41) is 11.6. The minimum Gasteiger partial charge on any atom is -0.481 e. The maximum atomic E-state index is 11.9. The standard InChI is InChI=1S/C15H22N2O3/c1-15(2,13(18)19)11-16-14(20)17(3)10-9-12-7-5-4-6-8-12/h4-8H,9-11H2,1-3H3,(H,16,20)(H,18,19). The van der Waals surface area contributed by atoms with Gasteiger partial charge in [-0.2, -0.15) is 0 Å². The van der Waals surface area contributed by atoms with E-state index in [1.165, 1.54) is 0 Å². The normalized spacial score (nSPS) is 10.9. The fourth-order valence-electron chi connectivity index (χ4n) is 1.55. The van der Waals surface area contributed by atoms with E-state index in [0.29, 0.717) is 6.54 Å². The van der Waals surface area contributed by atoms with Gasteiger partial charge >= 0.3 is 12.0 Å². The fourth-order valence-corrected chi connectivity index (χ4v) is 1.55. The summed E-state index contributed by atoms with van der Waals surface area (Å²) in [7, 11) is 1.70. The molecule has 0 atom stereocenters. The molecular weight excluding hydrogens is 256 g/mol. The summed E-state index contributed by atoms with van der Waals surface area (Å²) in [6.07, 6.45) is 0.771. The predicted molar refractivity (Wildman–Crippen MR) is 77.6 cm³/mol. The van der Waals surface area contributed by atoms with Gasteiger partial charge in [-0.05, 0) is 25.8 Å². The number of hydrogen-bond acceptors (Lipinski definition) is 2. The second-order valence-corrected chi connectivity index (χ2v) is 5.50. The molecule has 2 N–H and O–H groups in total. The quantitative estimate of drug-likeness (QED) is 0.836. The van der Waals surface area contributed by atoms with Gasteiger partial charge in [-0.15, -0.1) is 0 Å². The second-order valence-electron chi connectivity index (χ2n) is 5.50. The van der Waals surface area contributed by atoms with Crippen LogP contribution in [-0.4, -0.2) is 42.1 Å². The summed E-state index contributed by atoms with van der Waals surface area (Å²) in [5.74, 6) is -0.926. The van der Waals surface area contributed by atoms with Crippen LogP contribution in [0, 0.1) is 5.41 Å². The number of aliphatic carboxylic acids is 1. The van der Waals surface area contributed by atoms with Gasteiger partial charge in [0.2, 0.25) is 0 Å². The highest BCUT2D eigenvalue weighted by molar-refractivity contribution is 5.77. The Hall–Kier alpha value is -2.04. The lowest BCUT2D eigenvalue weighted by molar-refractivity contribution is -0.146. The van der Waals surface area contributed by atoms with Gasteiger partial charge in [-0.3, -0.25) is 4.79 Å². The molecule has 0 fully saturated rings. The lowest BCUT2D eigenvalue weighted by Crippen LogP contribution is -2.44. The zero-order chi connectivity index (χ0) is 15.2. The van der Waals surface area contributed by atoms with Crippen molar-refractivity contribution in [3.63, 3.8) is 0 Å². The molecular formula is C15H22N2O3. The molecule has 0 radical (unpaired) electrons. The lowest BCUT2D eigenvalue weighted by Gasteiger charge is -2.23. The molecule has 0 unspecified atom stereocenters. The summed E-state index contributed by atoms with van der Waals surface area (Å²) in [4.78, 5) is 24.4. The van der Waals surface area contributed by atoms with Crippen molar-refractivity contribution in [3.05, 3.63) is 35.9 Å². The zero-order valence-electron chi connectivity index (χ0n) is 12.2. The monoisotopic (exact) mass is 278 g/mol. The number of carboxylic acid groups (broad SMARTS) is 1. The molecule has 0 aliphatic rings. The van der Waals surface area contributed by atoms with Crippen LogP contribution in [0.1, 0.15) is 19.4 Å². The third-order valence-corrected chi connectivity index (χ3v) is 3.19. The smallest absolute Gasteiger partial charge is 0.317 e. The molecule has 0 heterocycles. The van der Waals surface area contributed by atoms with Crippen molar-refractivity contribution < 1.29 is 14.7 Å². The SMILES string of the molecule is CN(CCc1ccccc1)C(=O)NCC(C)(C)C(=O)O.